The molecule has 0 heterocycles. The lowest BCUT2D eigenvalue weighted by atomic mass is 9.87. The molecule has 1 unspecified atom stereocenters. The van der Waals surface area contributed by atoms with Crippen LogP contribution in [-0.2, 0) is 4.74 Å². The highest BCUT2D eigenvalue weighted by molar-refractivity contribution is 4.74. The molecule has 0 aliphatic rings. The first-order valence-corrected chi connectivity index (χ1v) is 5.33. The molecule has 0 radical (unpaired) electrons. The monoisotopic (exact) mass is 187 g/mol. The van der Waals surface area contributed by atoms with E-state index in [9.17, 15) is 0 Å². The summed E-state index contributed by atoms with van der Waals surface area (Å²) in [5.41, 5.74) is 0.289. The normalized spacial score (nSPS) is 14.5. The van der Waals surface area contributed by atoms with Crippen molar-refractivity contribution >= 4 is 0 Å². The molecule has 13 heavy (non-hydrogen) atoms. The molecule has 1 N–H and O–H groups in total. The van der Waals surface area contributed by atoms with Gasteiger partial charge < -0.3 is 10.1 Å². The van der Waals surface area contributed by atoms with Gasteiger partial charge in [-0.3, -0.25) is 0 Å². The predicted molar refractivity (Wildman–Crippen MR) is 58.0 cm³/mol. The van der Waals surface area contributed by atoms with E-state index in [-0.39, 0.29) is 5.41 Å². The highest BCUT2D eigenvalue weighted by atomic mass is 16.5. The van der Waals surface area contributed by atoms with Crippen LogP contribution in [0.25, 0.3) is 0 Å². The zero-order valence-corrected chi connectivity index (χ0v) is 9.81. The Morgan fingerprint density at radius 2 is 1.92 bits per heavy atom. The van der Waals surface area contributed by atoms with Crippen molar-refractivity contribution in [3.8, 4) is 0 Å². The first-order chi connectivity index (χ1) is 6.02. The van der Waals surface area contributed by atoms with E-state index in [1.165, 1.54) is 6.42 Å². The summed E-state index contributed by atoms with van der Waals surface area (Å²) in [7, 11) is 0. The lowest BCUT2D eigenvalue weighted by Gasteiger charge is -2.28. The second-order valence-electron chi connectivity index (χ2n) is 4.46. The van der Waals surface area contributed by atoms with Gasteiger partial charge in [-0.1, -0.05) is 20.8 Å². The lowest BCUT2D eigenvalue weighted by Crippen LogP contribution is -2.33. The molecule has 2 nitrogen and oxygen atoms in total. The molecule has 0 spiro atoms. The molecule has 0 amide bonds. The number of rotatable bonds is 7. The Balaban J connectivity index is 3.71. The third kappa shape index (κ3) is 7.03. The SMILES string of the molecule is CCNC(C)CC(C)(C)COCC. The van der Waals surface area contributed by atoms with Crippen molar-refractivity contribution in [3.63, 3.8) is 0 Å². The fourth-order valence-electron chi connectivity index (χ4n) is 1.69. The van der Waals surface area contributed by atoms with Gasteiger partial charge in [0, 0.05) is 12.6 Å². The molecule has 0 saturated heterocycles. The van der Waals surface area contributed by atoms with Crippen LogP contribution in [0.2, 0.25) is 0 Å². The Morgan fingerprint density at radius 1 is 1.31 bits per heavy atom. The van der Waals surface area contributed by atoms with Crippen molar-refractivity contribution in [2.75, 3.05) is 19.8 Å². The van der Waals surface area contributed by atoms with Crippen LogP contribution >= 0.6 is 0 Å². The molecule has 0 rings (SSSR count). The molecule has 0 fully saturated rings. The van der Waals surface area contributed by atoms with Crippen molar-refractivity contribution in [1.29, 1.82) is 0 Å². The number of ether oxygens (including phenoxy) is 1. The Kier molecular flexibility index (Phi) is 6.35. The van der Waals surface area contributed by atoms with Crippen LogP contribution in [0.15, 0.2) is 0 Å². The van der Waals surface area contributed by atoms with Crippen LogP contribution in [0.1, 0.15) is 41.0 Å². The quantitative estimate of drug-likeness (QED) is 0.661. The standard InChI is InChI=1S/C11H25NO/c1-6-12-10(3)8-11(4,5)9-13-7-2/h10,12H,6-9H2,1-5H3. The maximum Gasteiger partial charge on any atom is 0.0517 e. The Hall–Kier alpha value is -0.0800. The molecule has 0 aromatic carbocycles. The fourth-order valence-corrected chi connectivity index (χ4v) is 1.69. The van der Waals surface area contributed by atoms with Gasteiger partial charge in [0.05, 0.1) is 6.61 Å². The molecule has 2 heteroatoms. The maximum atomic E-state index is 5.45. The van der Waals surface area contributed by atoms with Crippen molar-refractivity contribution in [3.05, 3.63) is 0 Å². The van der Waals surface area contributed by atoms with E-state index in [1.807, 2.05) is 6.92 Å². The van der Waals surface area contributed by atoms with Crippen LogP contribution < -0.4 is 5.32 Å². The summed E-state index contributed by atoms with van der Waals surface area (Å²) in [4.78, 5) is 0. The first-order valence-electron chi connectivity index (χ1n) is 5.33. The zero-order valence-electron chi connectivity index (χ0n) is 9.81. The minimum absolute atomic E-state index is 0.289. The third-order valence-corrected chi connectivity index (χ3v) is 2.11. The number of hydrogen-bond donors (Lipinski definition) is 1. The van der Waals surface area contributed by atoms with Crippen molar-refractivity contribution in [2.45, 2.75) is 47.1 Å². The Labute approximate surface area is 83.1 Å². The van der Waals surface area contributed by atoms with Crippen LogP contribution in [-0.4, -0.2) is 25.8 Å². The highest BCUT2D eigenvalue weighted by Gasteiger charge is 2.20. The summed E-state index contributed by atoms with van der Waals surface area (Å²) in [5.74, 6) is 0. The zero-order chi connectivity index (χ0) is 10.3. The summed E-state index contributed by atoms with van der Waals surface area (Å²) < 4.78 is 5.45. The molecule has 0 saturated carbocycles. The second kappa shape index (κ2) is 6.39. The third-order valence-electron chi connectivity index (χ3n) is 2.11. The van der Waals surface area contributed by atoms with Gasteiger partial charge in [0.2, 0.25) is 0 Å². The minimum Gasteiger partial charge on any atom is -0.381 e. The smallest absolute Gasteiger partial charge is 0.0517 e. The van der Waals surface area contributed by atoms with Crippen LogP contribution in [0.3, 0.4) is 0 Å². The Morgan fingerprint density at radius 3 is 2.38 bits per heavy atom. The second-order valence-corrected chi connectivity index (χ2v) is 4.46. The van der Waals surface area contributed by atoms with Gasteiger partial charge in [-0.2, -0.15) is 0 Å². The summed E-state index contributed by atoms with van der Waals surface area (Å²) in [6, 6.07) is 0.584. The van der Waals surface area contributed by atoms with Crippen molar-refractivity contribution in [1.82, 2.24) is 5.32 Å². The highest BCUT2D eigenvalue weighted by Crippen LogP contribution is 2.22. The molecule has 0 aromatic rings. The minimum atomic E-state index is 0.289. The summed E-state index contributed by atoms with van der Waals surface area (Å²) >= 11 is 0. The maximum absolute atomic E-state index is 5.45. The topological polar surface area (TPSA) is 21.3 Å². The summed E-state index contributed by atoms with van der Waals surface area (Å²) in [6.45, 7) is 13.7. The van der Waals surface area contributed by atoms with Gasteiger partial charge in [0.1, 0.15) is 0 Å². The van der Waals surface area contributed by atoms with E-state index in [0.717, 1.165) is 19.8 Å². The predicted octanol–water partition coefficient (Wildman–Crippen LogP) is 2.44. The van der Waals surface area contributed by atoms with Crippen LogP contribution in [0, 0.1) is 5.41 Å². The van der Waals surface area contributed by atoms with Crippen molar-refractivity contribution in [2.24, 2.45) is 5.41 Å². The van der Waals surface area contributed by atoms with Gasteiger partial charge in [0.25, 0.3) is 0 Å². The average molecular weight is 187 g/mol. The van der Waals surface area contributed by atoms with Gasteiger partial charge in [0.15, 0.2) is 0 Å². The van der Waals surface area contributed by atoms with Gasteiger partial charge in [-0.15, -0.1) is 0 Å². The van der Waals surface area contributed by atoms with Crippen molar-refractivity contribution < 1.29 is 4.74 Å². The van der Waals surface area contributed by atoms with E-state index >= 15 is 0 Å². The molecule has 0 aliphatic carbocycles. The molecular weight excluding hydrogens is 162 g/mol. The molecule has 0 aliphatic heterocycles. The fraction of sp³-hybridized carbons (Fsp3) is 1.00. The average Bonchev–Trinajstić information content (AvgIpc) is 2.00. The van der Waals surface area contributed by atoms with E-state index in [0.29, 0.717) is 6.04 Å². The number of hydrogen-bond acceptors (Lipinski definition) is 2. The van der Waals surface area contributed by atoms with Gasteiger partial charge >= 0.3 is 0 Å². The van der Waals surface area contributed by atoms with Crippen LogP contribution in [0.5, 0.6) is 0 Å². The van der Waals surface area contributed by atoms with Crippen LogP contribution in [0.4, 0.5) is 0 Å². The summed E-state index contributed by atoms with van der Waals surface area (Å²) in [5, 5.41) is 3.42. The van der Waals surface area contributed by atoms with E-state index in [4.69, 9.17) is 4.74 Å². The largest absolute Gasteiger partial charge is 0.381 e. The lowest BCUT2D eigenvalue weighted by molar-refractivity contribution is 0.0610. The van der Waals surface area contributed by atoms with E-state index < -0.39 is 0 Å². The molecule has 0 aromatic heterocycles. The Bertz CT molecular complexity index is 123. The van der Waals surface area contributed by atoms with Gasteiger partial charge in [-0.25, -0.2) is 0 Å². The molecule has 1 atom stereocenters. The first kappa shape index (κ1) is 12.9. The van der Waals surface area contributed by atoms with E-state index in [2.05, 4.69) is 33.0 Å². The molecule has 80 valence electrons. The van der Waals surface area contributed by atoms with Gasteiger partial charge in [-0.05, 0) is 32.2 Å². The number of nitrogens with one attached hydrogen (secondary N) is 1. The summed E-state index contributed by atoms with van der Waals surface area (Å²) in [6.07, 6.45) is 1.17. The molecule has 0 bridgehead atoms. The van der Waals surface area contributed by atoms with E-state index in [1.54, 1.807) is 0 Å². The molecular formula is C11H25NO.